The minimum Gasteiger partial charge on any atom is -0.449 e. The van der Waals surface area contributed by atoms with Gasteiger partial charge in [0.1, 0.15) is 21.9 Å². The molecule has 1 aliphatic carbocycles. The lowest BCUT2D eigenvalue weighted by Crippen LogP contribution is -2.24. The molecule has 3 aromatic heterocycles. The fraction of sp³-hybridized carbons (Fsp3) is 0.269. The summed E-state index contributed by atoms with van der Waals surface area (Å²) in [6.45, 7) is 4.97. The van der Waals surface area contributed by atoms with E-state index in [4.69, 9.17) is 16.0 Å². The molecule has 0 unspecified atom stereocenters. The Bertz CT molecular complexity index is 1750. The summed E-state index contributed by atoms with van der Waals surface area (Å²) in [6.07, 6.45) is 4.51. The first kappa shape index (κ1) is 25.3. The summed E-state index contributed by atoms with van der Waals surface area (Å²) in [6, 6.07) is 5.38. The van der Waals surface area contributed by atoms with Crippen molar-refractivity contribution in [3.63, 3.8) is 0 Å². The van der Waals surface area contributed by atoms with Crippen molar-refractivity contribution in [3.05, 3.63) is 92.1 Å². The summed E-state index contributed by atoms with van der Waals surface area (Å²) in [4.78, 5) is 21.3. The number of nitrogens with zero attached hydrogens (tertiary/aromatic N) is 3. The van der Waals surface area contributed by atoms with Crippen LogP contribution >= 0.6 is 11.6 Å². The smallest absolute Gasteiger partial charge is 0.274 e. The van der Waals surface area contributed by atoms with Gasteiger partial charge in [0.15, 0.2) is 27.4 Å². The average molecular weight is 546 g/mol. The first-order chi connectivity index (χ1) is 17.4. The number of aromatic nitrogens is 3. The van der Waals surface area contributed by atoms with Crippen molar-refractivity contribution < 1.29 is 21.6 Å². The third-order valence-electron chi connectivity index (χ3n) is 6.59. The van der Waals surface area contributed by atoms with Crippen molar-refractivity contribution >= 4 is 21.4 Å². The Morgan fingerprint density at radius 2 is 1.86 bits per heavy atom. The van der Waals surface area contributed by atoms with E-state index in [1.54, 1.807) is 33.1 Å². The van der Waals surface area contributed by atoms with E-state index in [9.17, 15) is 13.2 Å². The number of aryl methyl sites for hydroxylation is 3. The van der Waals surface area contributed by atoms with Gasteiger partial charge in [-0.15, -0.1) is 0 Å². The maximum absolute atomic E-state index is 16.0. The molecular weight excluding hydrogens is 524 g/mol. The van der Waals surface area contributed by atoms with E-state index in [-0.39, 0.29) is 28.1 Å². The van der Waals surface area contributed by atoms with Gasteiger partial charge in [0.25, 0.3) is 5.56 Å². The van der Waals surface area contributed by atoms with E-state index >= 15 is 8.78 Å². The van der Waals surface area contributed by atoms with Gasteiger partial charge in [-0.1, -0.05) is 17.7 Å². The van der Waals surface area contributed by atoms with Gasteiger partial charge in [0, 0.05) is 36.6 Å². The fourth-order valence-electron chi connectivity index (χ4n) is 4.71. The van der Waals surface area contributed by atoms with Gasteiger partial charge in [-0.25, -0.2) is 22.2 Å². The normalized spacial score (nSPS) is 17.3. The first-order valence-electron chi connectivity index (χ1n) is 11.4. The van der Waals surface area contributed by atoms with Crippen molar-refractivity contribution in [1.82, 2.24) is 14.5 Å². The highest BCUT2D eigenvalue weighted by atomic mass is 35.5. The van der Waals surface area contributed by atoms with Gasteiger partial charge in [-0.3, -0.25) is 14.3 Å². The Hall–Kier alpha value is -3.37. The van der Waals surface area contributed by atoms with Gasteiger partial charge >= 0.3 is 0 Å². The first-order valence-corrected chi connectivity index (χ1v) is 13.7. The molecule has 0 amide bonds. The minimum absolute atomic E-state index is 0.0233. The second-order valence-corrected chi connectivity index (χ2v) is 11.6. The highest BCUT2D eigenvalue weighted by Crippen LogP contribution is 2.55. The second kappa shape index (κ2) is 8.88. The molecule has 5 rings (SSSR count). The summed E-state index contributed by atoms with van der Waals surface area (Å²) in [5.41, 5.74) is 0.670. The summed E-state index contributed by atoms with van der Waals surface area (Å²) in [5.74, 6) is -1.49. The molecule has 1 fully saturated rings. The predicted molar refractivity (Wildman–Crippen MR) is 134 cm³/mol. The Morgan fingerprint density at radius 3 is 2.51 bits per heavy atom. The lowest BCUT2D eigenvalue weighted by atomic mass is 10.1. The number of hydrogen-bond acceptors (Lipinski definition) is 6. The molecule has 1 aliphatic rings. The molecule has 2 atom stereocenters. The molecule has 7 nitrogen and oxygen atoms in total. The molecule has 0 aliphatic heterocycles. The summed E-state index contributed by atoms with van der Waals surface area (Å²) < 4.78 is 61.5. The SMILES string of the molecule is Cc1nc([C@H]2C[C@@H]2c2cc(C)n(-c3c(C)cnc(-c4cccc(S(C)(=O)=O)c4F)c3F)c(=O)c2Cl)co1. The highest BCUT2D eigenvalue weighted by molar-refractivity contribution is 7.90. The number of sulfone groups is 1. The number of halogens is 3. The summed E-state index contributed by atoms with van der Waals surface area (Å²) in [7, 11) is -3.90. The number of oxazole rings is 1. The zero-order valence-corrected chi connectivity index (χ0v) is 21.9. The van der Waals surface area contributed by atoms with E-state index in [1.165, 1.54) is 18.3 Å². The lowest BCUT2D eigenvalue weighted by Gasteiger charge is -2.18. The maximum atomic E-state index is 16.0. The molecule has 0 radical (unpaired) electrons. The monoisotopic (exact) mass is 545 g/mol. The Labute approximate surface area is 216 Å². The zero-order valence-electron chi connectivity index (χ0n) is 20.3. The van der Waals surface area contributed by atoms with Crippen LogP contribution in [0.4, 0.5) is 8.78 Å². The van der Waals surface area contributed by atoms with Crippen LogP contribution in [0.15, 0.2) is 50.8 Å². The molecule has 1 saturated carbocycles. The van der Waals surface area contributed by atoms with E-state index < -0.39 is 37.6 Å². The lowest BCUT2D eigenvalue weighted by molar-refractivity contribution is 0.520. The number of hydrogen-bond donors (Lipinski definition) is 0. The number of rotatable bonds is 5. The Morgan fingerprint density at radius 1 is 1.14 bits per heavy atom. The highest BCUT2D eigenvalue weighted by Gasteiger charge is 2.43. The third-order valence-corrected chi connectivity index (χ3v) is 8.08. The summed E-state index contributed by atoms with van der Waals surface area (Å²) >= 11 is 6.53. The molecule has 37 heavy (non-hydrogen) atoms. The van der Waals surface area contributed by atoms with Crippen LogP contribution in [-0.2, 0) is 9.84 Å². The molecule has 0 N–H and O–H groups in total. The topological polar surface area (TPSA) is 95.1 Å². The van der Waals surface area contributed by atoms with E-state index in [0.29, 0.717) is 22.7 Å². The van der Waals surface area contributed by atoms with Crippen LogP contribution in [0.25, 0.3) is 16.9 Å². The van der Waals surface area contributed by atoms with E-state index in [0.717, 1.165) is 29.0 Å². The average Bonchev–Trinajstić information content (AvgIpc) is 3.50. The van der Waals surface area contributed by atoms with Crippen molar-refractivity contribution in [3.8, 4) is 16.9 Å². The molecule has 192 valence electrons. The molecular formula is C26H22ClF2N3O4S. The van der Waals surface area contributed by atoms with Crippen molar-refractivity contribution in [2.75, 3.05) is 6.26 Å². The minimum atomic E-state index is -3.90. The summed E-state index contributed by atoms with van der Waals surface area (Å²) in [5, 5.41) is -0.0410. The van der Waals surface area contributed by atoms with Crippen molar-refractivity contribution in [2.45, 2.75) is 43.9 Å². The van der Waals surface area contributed by atoms with Crippen LogP contribution in [0.2, 0.25) is 5.02 Å². The molecule has 1 aromatic carbocycles. The molecule has 3 heterocycles. The molecule has 4 aromatic rings. The fourth-order valence-corrected chi connectivity index (χ4v) is 5.75. The Kier molecular flexibility index (Phi) is 6.07. The van der Waals surface area contributed by atoms with Crippen molar-refractivity contribution in [1.29, 1.82) is 0 Å². The van der Waals surface area contributed by atoms with Gasteiger partial charge < -0.3 is 4.42 Å². The van der Waals surface area contributed by atoms with Crippen molar-refractivity contribution in [2.24, 2.45) is 0 Å². The zero-order chi connectivity index (χ0) is 26.8. The molecule has 0 saturated heterocycles. The van der Waals surface area contributed by atoms with Crippen LogP contribution in [0.3, 0.4) is 0 Å². The maximum Gasteiger partial charge on any atom is 0.274 e. The van der Waals surface area contributed by atoms with Gasteiger partial charge in [-0.05, 0) is 55.5 Å². The molecule has 11 heteroatoms. The number of benzene rings is 1. The Balaban J connectivity index is 1.63. The number of pyridine rings is 2. The van der Waals surface area contributed by atoms with Gasteiger partial charge in [-0.2, -0.15) is 0 Å². The second-order valence-electron chi connectivity index (χ2n) is 9.28. The van der Waals surface area contributed by atoms with Gasteiger partial charge in [0.05, 0.1) is 11.4 Å². The molecule has 0 bridgehead atoms. The quantitative estimate of drug-likeness (QED) is 0.332. The van der Waals surface area contributed by atoms with E-state index in [2.05, 4.69) is 9.97 Å². The van der Waals surface area contributed by atoms with Crippen LogP contribution < -0.4 is 5.56 Å². The van der Waals surface area contributed by atoms with Crippen LogP contribution in [0.5, 0.6) is 0 Å². The third kappa shape index (κ3) is 4.27. The van der Waals surface area contributed by atoms with Crippen LogP contribution in [0.1, 0.15) is 46.7 Å². The standard InChI is InChI=1S/C26H22ClF2N3O4S/c1-12-10-30-24(15-6-5-7-20(22(15)28)37(4,34)35)23(29)25(12)32-13(2)8-18(21(27)26(32)33)16-9-17(16)19-11-36-14(3)31-19/h5-8,10-11,16-17H,9H2,1-4H3/t16-,17-/m0/s1. The predicted octanol–water partition coefficient (Wildman–Crippen LogP) is 5.42. The molecule has 0 spiro atoms. The largest absolute Gasteiger partial charge is 0.449 e. The van der Waals surface area contributed by atoms with Gasteiger partial charge in [0.2, 0.25) is 0 Å². The van der Waals surface area contributed by atoms with Crippen LogP contribution in [-0.4, -0.2) is 29.2 Å². The van der Waals surface area contributed by atoms with Crippen LogP contribution in [0, 0.1) is 32.4 Å². The van der Waals surface area contributed by atoms with E-state index in [1.807, 2.05) is 0 Å².